The molecule has 0 saturated heterocycles. The van der Waals surface area contributed by atoms with Crippen molar-refractivity contribution in [2.45, 2.75) is 34.3 Å². The van der Waals surface area contributed by atoms with E-state index in [-0.39, 0.29) is 12.2 Å². The van der Waals surface area contributed by atoms with Crippen LogP contribution in [-0.4, -0.2) is 0 Å². The van der Waals surface area contributed by atoms with Crippen molar-refractivity contribution in [3.05, 3.63) is 64.7 Å². The van der Waals surface area contributed by atoms with Gasteiger partial charge in [-0.05, 0) is 55.3 Å². The normalized spacial score (nSPS) is 9.70. The number of aryl methyl sites for hydroxylation is 2. The van der Waals surface area contributed by atoms with Crippen LogP contribution >= 0.6 is 0 Å². The molecule has 0 N–H and O–H groups in total. The Morgan fingerprint density at radius 1 is 0.900 bits per heavy atom. The van der Waals surface area contributed by atoms with Crippen LogP contribution in [0.5, 0.6) is 5.75 Å². The molecular formula is C17H20F2O. The summed E-state index contributed by atoms with van der Waals surface area (Å²) in [6.07, 6.45) is 0. The Hall–Kier alpha value is -1.90. The molecule has 0 aliphatic carbocycles. The van der Waals surface area contributed by atoms with Gasteiger partial charge in [0.15, 0.2) is 0 Å². The third-order valence-corrected chi connectivity index (χ3v) is 2.88. The average molecular weight is 278 g/mol. The van der Waals surface area contributed by atoms with Crippen molar-refractivity contribution in [2.75, 3.05) is 0 Å². The number of hydrogen-bond acceptors (Lipinski definition) is 1. The van der Waals surface area contributed by atoms with Gasteiger partial charge >= 0.3 is 0 Å². The third-order valence-electron chi connectivity index (χ3n) is 2.88. The predicted molar refractivity (Wildman–Crippen MR) is 78.0 cm³/mol. The molecule has 0 unspecified atom stereocenters. The standard InChI is InChI=1S/C15H14F2O.C2H6/c1-10-3-5-14(7-11(10)2)18-9-12-8-13(16)4-6-15(12)17;1-2/h3-8H,9H2,1-2H3;1-2H3. The first-order chi connectivity index (χ1) is 9.56. The van der Waals surface area contributed by atoms with Gasteiger partial charge in [-0.15, -0.1) is 0 Å². The molecule has 0 bridgehead atoms. The van der Waals surface area contributed by atoms with Crippen LogP contribution in [-0.2, 0) is 6.61 Å². The topological polar surface area (TPSA) is 9.23 Å². The van der Waals surface area contributed by atoms with E-state index in [1.54, 1.807) is 0 Å². The summed E-state index contributed by atoms with van der Waals surface area (Å²) in [4.78, 5) is 0. The minimum absolute atomic E-state index is 0.0199. The summed E-state index contributed by atoms with van der Waals surface area (Å²) in [5, 5.41) is 0. The number of ether oxygens (including phenoxy) is 1. The molecule has 0 saturated carbocycles. The first kappa shape index (κ1) is 16.2. The molecule has 0 fully saturated rings. The summed E-state index contributed by atoms with van der Waals surface area (Å²) in [6.45, 7) is 8.00. The molecule has 0 atom stereocenters. The molecule has 0 aliphatic heterocycles. The molecule has 0 heterocycles. The Morgan fingerprint density at radius 3 is 2.25 bits per heavy atom. The van der Waals surface area contributed by atoms with Crippen molar-refractivity contribution in [2.24, 2.45) is 0 Å². The fraction of sp³-hybridized carbons (Fsp3) is 0.294. The summed E-state index contributed by atoms with van der Waals surface area (Å²) in [5.41, 5.74) is 2.49. The van der Waals surface area contributed by atoms with E-state index >= 15 is 0 Å². The molecule has 0 aromatic heterocycles. The van der Waals surface area contributed by atoms with Crippen molar-refractivity contribution in [1.29, 1.82) is 0 Å². The minimum atomic E-state index is -0.463. The van der Waals surface area contributed by atoms with Gasteiger partial charge in [-0.2, -0.15) is 0 Å². The summed E-state index contributed by atoms with van der Waals surface area (Å²) in [7, 11) is 0. The Bertz CT molecular complexity index is 565. The Morgan fingerprint density at radius 2 is 1.60 bits per heavy atom. The van der Waals surface area contributed by atoms with E-state index in [1.165, 1.54) is 5.56 Å². The lowest BCUT2D eigenvalue weighted by molar-refractivity contribution is 0.299. The van der Waals surface area contributed by atoms with Crippen LogP contribution in [0.3, 0.4) is 0 Å². The fourth-order valence-electron chi connectivity index (χ4n) is 1.62. The molecular weight excluding hydrogens is 258 g/mol. The maximum absolute atomic E-state index is 13.4. The van der Waals surface area contributed by atoms with Crippen molar-refractivity contribution < 1.29 is 13.5 Å². The number of benzene rings is 2. The molecule has 0 spiro atoms. The number of halogens is 2. The first-order valence-corrected chi connectivity index (χ1v) is 6.70. The average Bonchev–Trinajstić information content (AvgIpc) is 2.46. The van der Waals surface area contributed by atoms with Gasteiger partial charge in [-0.1, -0.05) is 19.9 Å². The summed E-state index contributed by atoms with van der Waals surface area (Å²) in [5.74, 6) is -0.267. The highest BCUT2D eigenvalue weighted by atomic mass is 19.1. The zero-order chi connectivity index (χ0) is 15.1. The number of hydrogen-bond donors (Lipinski definition) is 0. The summed E-state index contributed by atoms with van der Waals surface area (Å²) < 4.78 is 31.8. The molecule has 2 aromatic rings. The van der Waals surface area contributed by atoms with Gasteiger partial charge in [-0.25, -0.2) is 8.78 Å². The van der Waals surface area contributed by atoms with E-state index < -0.39 is 11.6 Å². The smallest absolute Gasteiger partial charge is 0.130 e. The van der Waals surface area contributed by atoms with Crippen molar-refractivity contribution in [3.63, 3.8) is 0 Å². The summed E-state index contributed by atoms with van der Waals surface area (Å²) >= 11 is 0. The first-order valence-electron chi connectivity index (χ1n) is 6.70. The minimum Gasteiger partial charge on any atom is -0.489 e. The van der Waals surface area contributed by atoms with E-state index in [2.05, 4.69) is 0 Å². The van der Waals surface area contributed by atoms with Crippen LogP contribution < -0.4 is 4.74 Å². The highest BCUT2D eigenvalue weighted by molar-refractivity contribution is 5.34. The van der Waals surface area contributed by atoms with E-state index in [1.807, 2.05) is 45.9 Å². The molecule has 0 amide bonds. The van der Waals surface area contributed by atoms with Crippen LogP contribution in [0.1, 0.15) is 30.5 Å². The molecule has 2 aromatic carbocycles. The van der Waals surface area contributed by atoms with Crippen LogP contribution in [0, 0.1) is 25.5 Å². The van der Waals surface area contributed by atoms with Crippen molar-refractivity contribution in [3.8, 4) is 5.75 Å². The van der Waals surface area contributed by atoms with Crippen molar-refractivity contribution >= 4 is 0 Å². The molecule has 0 radical (unpaired) electrons. The number of rotatable bonds is 3. The van der Waals surface area contributed by atoms with Crippen molar-refractivity contribution in [1.82, 2.24) is 0 Å². The second-order valence-electron chi connectivity index (χ2n) is 4.27. The fourth-order valence-corrected chi connectivity index (χ4v) is 1.62. The van der Waals surface area contributed by atoms with Gasteiger partial charge in [0.1, 0.15) is 24.0 Å². The van der Waals surface area contributed by atoms with Crippen LogP contribution in [0.15, 0.2) is 36.4 Å². The highest BCUT2D eigenvalue weighted by Gasteiger charge is 2.05. The largest absolute Gasteiger partial charge is 0.489 e. The van der Waals surface area contributed by atoms with Crippen LogP contribution in [0.4, 0.5) is 8.78 Å². The van der Waals surface area contributed by atoms with Gasteiger partial charge in [0.2, 0.25) is 0 Å². The zero-order valence-electron chi connectivity index (χ0n) is 12.3. The Balaban J connectivity index is 0.000000956. The quantitative estimate of drug-likeness (QED) is 0.751. The van der Waals surface area contributed by atoms with E-state index in [4.69, 9.17) is 4.74 Å². The zero-order valence-corrected chi connectivity index (χ0v) is 12.3. The molecule has 20 heavy (non-hydrogen) atoms. The molecule has 0 aliphatic rings. The summed E-state index contributed by atoms with van der Waals surface area (Å²) in [6, 6.07) is 8.98. The second-order valence-corrected chi connectivity index (χ2v) is 4.27. The van der Waals surface area contributed by atoms with Gasteiger partial charge < -0.3 is 4.74 Å². The van der Waals surface area contributed by atoms with Crippen LogP contribution in [0.2, 0.25) is 0 Å². The third kappa shape index (κ3) is 4.34. The van der Waals surface area contributed by atoms with E-state index in [0.29, 0.717) is 5.75 Å². The van der Waals surface area contributed by atoms with Gasteiger partial charge in [0.05, 0.1) is 0 Å². The van der Waals surface area contributed by atoms with Gasteiger partial charge in [0, 0.05) is 5.56 Å². The Kier molecular flexibility index (Phi) is 6.16. The SMILES string of the molecule is CC.Cc1ccc(OCc2cc(F)ccc2F)cc1C. The predicted octanol–water partition coefficient (Wildman–Crippen LogP) is 5.19. The van der Waals surface area contributed by atoms with E-state index in [9.17, 15) is 8.78 Å². The molecule has 1 nitrogen and oxygen atoms in total. The monoisotopic (exact) mass is 278 g/mol. The second kappa shape index (κ2) is 7.63. The maximum atomic E-state index is 13.4. The van der Waals surface area contributed by atoms with E-state index in [0.717, 1.165) is 23.8 Å². The Labute approximate surface area is 119 Å². The lowest BCUT2D eigenvalue weighted by Gasteiger charge is -2.09. The van der Waals surface area contributed by atoms with Gasteiger partial charge in [0.25, 0.3) is 0 Å². The lowest BCUT2D eigenvalue weighted by Crippen LogP contribution is -1.99. The lowest BCUT2D eigenvalue weighted by atomic mass is 10.1. The highest BCUT2D eigenvalue weighted by Crippen LogP contribution is 2.19. The molecule has 3 heteroatoms. The van der Waals surface area contributed by atoms with Crippen LogP contribution in [0.25, 0.3) is 0 Å². The molecule has 2 rings (SSSR count). The maximum Gasteiger partial charge on any atom is 0.130 e. The molecule has 108 valence electrons. The van der Waals surface area contributed by atoms with Gasteiger partial charge in [-0.3, -0.25) is 0 Å².